The Morgan fingerprint density at radius 3 is 2.37 bits per heavy atom. The zero-order valence-corrected chi connectivity index (χ0v) is 17.9. The number of nitrogens with one attached hydrogen (secondary N) is 2. The third-order valence-electron chi connectivity index (χ3n) is 4.03. The predicted octanol–water partition coefficient (Wildman–Crippen LogP) is 1.41. The number of furan rings is 1. The highest BCUT2D eigenvalue weighted by atomic mass is 32.1. The summed E-state index contributed by atoms with van der Waals surface area (Å²) in [4.78, 5) is 50.1. The first-order chi connectivity index (χ1) is 14.3. The summed E-state index contributed by atoms with van der Waals surface area (Å²) in [5.41, 5.74) is 0.453. The number of carbonyl (C=O) groups excluding carboxylic acids is 4. The number of nitrogens with zero attached hydrogens (tertiary/aromatic N) is 1. The van der Waals surface area contributed by atoms with Crippen molar-refractivity contribution in [2.75, 3.05) is 39.7 Å². The fraction of sp³-hybridized carbons (Fsp3) is 0.368. The summed E-state index contributed by atoms with van der Waals surface area (Å²) >= 11 is 0.923. The van der Waals surface area contributed by atoms with Crippen molar-refractivity contribution in [1.82, 2.24) is 10.2 Å². The molecule has 0 radical (unpaired) electrons. The van der Waals surface area contributed by atoms with Crippen LogP contribution in [0.4, 0.5) is 5.00 Å². The molecule has 0 bridgehead atoms. The largest absolute Gasteiger partial charge is 0.467 e. The van der Waals surface area contributed by atoms with E-state index >= 15 is 0 Å². The fourth-order valence-electron chi connectivity index (χ4n) is 2.60. The third-order valence-corrected chi connectivity index (χ3v) is 5.21. The van der Waals surface area contributed by atoms with Crippen LogP contribution < -0.4 is 10.6 Å². The number of rotatable bonds is 9. The van der Waals surface area contributed by atoms with Crippen molar-refractivity contribution >= 4 is 40.1 Å². The van der Waals surface area contributed by atoms with Gasteiger partial charge in [-0.1, -0.05) is 0 Å². The highest BCUT2D eigenvalue weighted by Gasteiger charge is 2.27. The maximum Gasteiger partial charge on any atom is 0.348 e. The monoisotopic (exact) mass is 437 g/mol. The summed E-state index contributed by atoms with van der Waals surface area (Å²) in [7, 11) is 4.04. The average molecular weight is 437 g/mol. The van der Waals surface area contributed by atoms with Crippen molar-refractivity contribution in [3.8, 4) is 0 Å². The molecular formula is C19H23N3O7S. The smallest absolute Gasteiger partial charge is 0.348 e. The molecule has 0 aliphatic rings. The van der Waals surface area contributed by atoms with Gasteiger partial charge in [-0.05, 0) is 31.7 Å². The zero-order valence-electron chi connectivity index (χ0n) is 17.1. The van der Waals surface area contributed by atoms with Crippen LogP contribution in [-0.2, 0) is 25.6 Å². The average Bonchev–Trinajstić information content (AvgIpc) is 3.33. The quantitative estimate of drug-likeness (QED) is 0.564. The second-order valence-electron chi connectivity index (χ2n) is 6.32. The van der Waals surface area contributed by atoms with Crippen molar-refractivity contribution in [3.05, 3.63) is 40.2 Å². The summed E-state index contributed by atoms with van der Waals surface area (Å²) in [6.07, 6.45) is 1.51. The van der Waals surface area contributed by atoms with Crippen LogP contribution >= 0.6 is 11.3 Å². The lowest BCUT2D eigenvalue weighted by Gasteiger charge is -2.15. The van der Waals surface area contributed by atoms with Gasteiger partial charge in [0.15, 0.2) is 0 Å². The highest BCUT2D eigenvalue weighted by molar-refractivity contribution is 7.18. The lowest BCUT2D eigenvalue weighted by atomic mass is 10.1. The molecule has 0 fully saturated rings. The third kappa shape index (κ3) is 5.91. The highest BCUT2D eigenvalue weighted by Crippen LogP contribution is 2.34. The Balaban J connectivity index is 1.98. The number of thiophene rings is 1. The van der Waals surface area contributed by atoms with E-state index < -0.39 is 17.8 Å². The van der Waals surface area contributed by atoms with Crippen molar-refractivity contribution in [1.29, 1.82) is 0 Å². The predicted molar refractivity (Wildman–Crippen MR) is 108 cm³/mol. The van der Waals surface area contributed by atoms with Gasteiger partial charge in [-0.3, -0.25) is 14.5 Å². The lowest BCUT2D eigenvalue weighted by Crippen LogP contribution is -2.38. The number of ether oxygens (including phenoxy) is 2. The molecule has 0 aromatic carbocycles. The van der Waals surface area contributed by atoms with Gasteiger partial charge in [-0.15, -0.1) is 11.3 Å². The molecule has 162 valence electrons. The molecule has 2 aromatic heterocycles. The summed E-state index contributed by atoms with van der Waals surface area (Å²) in [6, 6.07) is 3.46. The molecule has 10 nitrogen and oxygen atoms in total. The number of esters is 2. The molecule has 30 heavy (non-hydrogen) atoms. The molecule has 2 rings (SSSR count). The molecule has 0 atom stereocenters. The van der Waals surface area contributed by atoms with Gasteiger partial charge >= 0.3 is 11.9 Å². The molecule has 0 saturated carbocycles. The normalized spacial score (nSPS) is 10.6. The van der Waals surface area contributed by atoms with E-state index in [0.717, 1.165) is 11.3 Å². The molecule has 2 amide bonds. The Hall–Kier alpha value is -3.18. The molecule has 2 N–H and O–H groups in total. The van der Waals surface area contributed by atoms with Crippen LogP contribution in [-0.4, -0.2) is 63.0 Å². The Kier molecular flexibility index (Phi) is 8.13. The van der Waals surface area contributed by atoms with Gasteiger partial charge in [0.2, 0.25) is 11.8 Å². The lowest BCUT2D eigenvalue weighted by molar-refractivity contribution is -0.123. The van der Waals surface area contributed by atoms with E-state index in [1.807, 2.05) is 0 Å². The topological polar surface area (TPSA) is 127 Å². The van der Waals surface area contributed by atoms with Crippen molar-refractivity contribution in [2.24, 2.45) is 0 Å². The number of methoxy groups -OCH3 is 2. The molecule has 0 unspecified atom stereocenters. The fourth-order valence-corrected chi connectivity index (χ4v) is 3.73. The minimum Gasteiger partial charge on any atom is -0.467 e. The van der Waals surface area contributed by atoms with E-state index in [9.17, 15) is 19.2 Å². The summed E-state index contributed by atoms with van der Waals surface area (Å²) in [6.45, 7) is 1.69. The number of hydrogen-bond acceptors (Lipinski definition) is 9. The van der Waals surface area contributed by atoms with Crippen LogP contribution in [0.25, 0.3) is 0 Å². The van der Waals surface area contributed by atoms with Crippen LogP contribution in [0, 0.1) is 6.92 Å². The zero-order chi connectivity index (χ0) is 22.3. The summed E-state index contributed by atoms with van der Waals surface area (Å²) in [5.74, 6) is -1.42. The molecule has 0 aliphatic carbocycles. The van der Waals surface area contributed by atoms with Gasteiger partial charge in [-0.25, -0.2) is 9.59 Å². The van der Waals surface area contributed by atoms with E-state index in [1.54, 1.807) is 26.1 Å². The minimum atomic E-state index is -0.681. The number of anilines is 1. The first kappa shape index (κ1) is 23.1. The van der Waals surface area contributed by atoms with Gasteiger partial charge in [-0.2, -0.15) is 0 Å². The Morgan fingerprint density at radius 2 is 1.77 bits per heavy atom. The molecular weight excluding hydrogens is 414 g/mol. The maximum absolute atomic E-state index is 12.4. The van der Waals surface area contributed by atoms with E-state index in [1.165, 1.54) is 25.4 Å². The van der Waals surface area contributed by atoms with Gasteiger partial charge in [0.05, 0.1) is 45.7 Å². The van der Waals surface area contributed by atoms with Gasteiger partial charge in [0.25, 0.3) is 0 Å². The van der Waals surface area contributed by atoms with Crippen molar-refractivity contribution < 1.29 is 33.1 Å². The summed E-state index contributed by atoms with van der Waals surface area (Å²) < 4.78 is 14.6. The maximum atomic E-state index is 12.4. The number of amides is 2. The Bertz CT molecular complexity index is 921. The van der Waals surface area contributed by atoms with E-state index in [4.69, 9.17) is 13.9 Å². The van der Waals surface area contributed by atoms with Crippen LogP contribution in [0.3, 0.4) is 0 Å². The number of carbonyl (C=O) groups is 4. The van der Waals surface area contributed by atoms with E-state index in [2.05, 4.69) is 10.6 Å². The van der Waals surface area contributed by atoms with E-state index in [0.29, 0.717) is 11.3 Å². The Labute approximate surface area is 177 Å². The SMILES string of the molecule is COC(=O)c1sc(NC(=O)CN(C)CC(=O)NCc2ccco2)c(C(=O)OC)c1C. The first-order valence-electron chi connectivity index (χ1n) is 8.84. The van der Waals surface area contributed by atoms with Crippen LogP contribution in [0.5, 0.6) is 0 Å². The Morgan fingerprint density at radius 1 is 1.10 bits per heavy atom. The molecule has 11 heteroatoms. The minimum absolute atomic E-state index is 0.0190. The second kappa shape index (κ2) is 10.6. The van der Waals surface area contributed by atoms with Crippen molar-refractivity contribution in [3.63, 3.8) is 0 Å². The summed E-state index contributed by atoms with van der Waals surface area (Å²) in [5, 5.41) is 5.47. The number of likely N-dealkylation sites (N-methyl/N-ethyl adjacent to an activating group) is 1. The molecule has 0 saturated heterocycles. The van der Waals surface area contributed by atoms with Gasteiger partial charge < -0.3 is 24.5 Å². The molecule has 0 spiro atoms. The van der Waals surface area contributed by atoms with Gasteiger partial charge in [0, 0.05) is 0 Å². The molecule has 0 aliphatic heterocycles. The molecule has 2 heterocycles. The number of hydrogen-bond donors (Lipinski definition) is 2. The second-order valence-corrected chi connectivity index (χ2v) is 7.34. The van der Waals surface area contributed by atoms with Crippen LogP contribution in [0.1, 0.15) is 31.4 Å². The van der Waals surface area contributed by atoms with E-state index in [-0.39, 0.29) is 41.0 Å². The standard InChI is InChI=1S/C19H23N3O7S/c1-11-15(18(25)27-3)17(30-16(11)19(26)28-4)21-14(24)10-22(2)9-13(23)20-8-12-6-5-7-29-12/h5-7H,8-10H2,1-4H3,(H,20,23)(H,21,24). The first-order valence-corrected chi connectivity index (χ1v) is 9.66. The van der Waals surface area contributed by atoms with Crippen LogP contribution in [0.15, 0.2) is 22.8 Å². The van der Waals surface area contributed by atoms with Gasteiger partial charge in [0.1, 0.15) is 15.6 Å². The van der Waals surface area contributed by atoms with Crippen LogP contribution in [0.2, 0.25) is 0 Å². The molecule has 2 aromatic rings. The van der Waals surface area contributed by atoms with Crippen molar-refractivity contribution in [2.45, 2.75) is 13.5 Å².